The van der Waals surface area contributed by atoms with Crippen molar-refractivity contribution in [2.75, 3.05) is 9.80 Å². The van der Waals surface area contributed by atoms with Crippen LogP contribution in [-0.4, -0.2) is 28.2 Å². The fraction of sp³-hybridized carbons (Fsp3) is 0. The van der Waals surface area contributed by atoms with Crippen molar-refractivity contribution in [3.05, 3.63) is 413 Å². The van der Waals surface area contributed by atoms with Gasteiger partial charge in [0.15, 0.2) is 5.82 Å². The standard InChI is InChI=1S/C104H68N8/c1-6-30-75(31-7-1)107(76-32-8-2-9-33-76)83-54-59-101-91(67-83)87-45-18-22-49-97(87)110(101)80-40-24-27-69(61-80)70-51-56-94-93(66-70)103(73-28-25-41-81(62-73)111-98-50-23-19-46-88(98)92-68-84(55-60-102(92)111)108(77-34-10-3-11-35-77)78-36-12-4-13-37-78)106-104(105-94)74-29-26-42-82(63-74)112-96-48-21-17-44-86(96)90-65-72(53-58-100(90)112)71-52-57-99-89(64-71)85-43-16-20-47-95(85)109(99)79-38-14-5-15-39-79/h1-68H. The highest BCUT2D eigenvalue weighted by Crippen LogP contribution is 2.46. The van der Waals surface area contributed by atoms with Crippen LogP contribution in [0.2, 0.25) is 0 Å². The summed E-state index contributed by atoms with van der Waals surface area (Å²) < 4.78 is 9.60. The summed E-state index contributed by atoms with van der Waals surface area (Å²) in [6.45, 7) is 0. The molecule has 0 radical (unpaired) electrons. The largest absolute Gasteiger partial charge is 0.310 e. The number of anilines is 6. The van der Waals surface area contributed by atoms with Gasteiger partial charge in [-0.1, -0.05) is 218 Å². The van der Waals surface area contributed by atoms with Crippen LogP contribution in [0.15, 0.2) is 413 Å². The second-order valence-electron chi connectivity index (χ2n) is 28.9. The highest BCUT2D eigenvalue weighted by molar-refractivity contribution is 6.15. The number of hydrogen-bond acceptors (Lipinski definition) is 4. The Morgan fingerprint density at radius 3 is 0.893 bits per heavy atom. The fourth-order valence-corrected chi connectivity index (χ4v) is 17.5. The summed E-state index contributed by atoms with van der Waals surface area (Å²) in [5, 5.41) is 10.4. The van der Waals surface area contributed by atoms with E-state index in [-0.39, 0.29) is 0 Å². The monoisotopic (exact) mass is 1430 g/mol. The third kappa shape index (κ3) is 10.7. The van der Waals surface area contributed by atoms with E-state index in [2.05, 4.69) is 441 Å². The maximum atomic E-state index is 5.80. The highest BCUT2D eigenvalue weighted by Gasteiger charge is 2.24. The van der Waals surface area contributed by atoms with Crippen molar-refractivity contribution in [2.45, 2.75) is 0 Å². The van der Waals surface area contributed by atoms with Crippen LogP contribution in [0, 0.1) is 0 Å². The predicted molar refractivity (Wildman–Crippen MR) is 468 cm³/mol. The van der Waals surface area contributed by atoms with Gasteiger partial charge in [-0.05, 0) is 216 Å². The molecule has 0 unspecified atom stereocenters. The Morgan fingerprint density at radius 1 is 0.170 bits per heavy atom. The molecule has 524 valence electrons. The smallest absolute Gasteiger partial charge is 0.160 e. The van der Waals surface area contributed by atoms with Crippen molar-refractivity contribution < 1.29 is 0 Å². The first-order chi connectivity index (χ1) is 55.5. The molecule has 0 spiro atoms. The molecule has 0 atom stereocenters. The Balaban J connectivity index is 0.684. The number of para-hydroxylation sites is 9. The lowest BCUT2D eigenvalue weighted by Crippen LogP contribution is -2.09. The predicted octanol–water partition coefficient (Wildman–Crippen LogP) is 27.6. The lowest BCUT2D eigenvalue weighted by Gasteiger charge is -2.25. The lowest BCUT2D eigenvalue weighted by molar-refractivity contribution is 1.17. The Labute approximate surface area is 646 Å². The lowest BCUT2D eigenvalue weighted by atomic mass is 9.99. The third-order valence-corrected chi connectivity index (χ3v) is 22.5. The highest BCUT2D eigenvalue weighted by atomic mass is 15.2. The van der Waals surface area contributed by atoms with Crippen LogP contribution in [-0.2, 0) is 0 Å². The van der Waals surface area contributed by atoms with E-state index in [1.54, 1.807) is 0 Å². The first-order valence-electron chi connectivity index (χ1n) is 38.2. The second kappa shape index (κ2) is 26.4. The first kappa shape index (κ1) is 64.1. The van der Waals surface area contributed by atoms with E-state index in [9.17, 15) is 0 Å². The fourth-order valence-electron chi connectivity index (χ4n) is 17.5. The maximum Gasteiger partial charge on any atom is 0.160 e. The molecule has 5 aromatic heterocycles. The molecule has 5 heterocycles. The van der Waals surface area contributed by atoms with Gasteiger partial charge in [0.2, 0.25) is 0 Å². The number of fused-ring (bicyclic) bond motifs is 13. The van der Waals surface area contributed by atoms with E-state index in [1.807, 2.05) is 0 Å². The first-order valence-corrected chi connectivity index (χ1v) is 38.2. The number of nitrogens with zero attached hydrogens (tertiary/aromatic N) is 8. The Hall–Kier alpha value is -15.1. The molecule has 0 bridgehead atoms. The van der Waals surface area contributed by atoms with Gasteiger partial charge in [0.1, 0.15) is 0 Å². The molecular weight excluding hydrogens is 1360 g/mol. The maximum absolute atomic E-state index is 5.80. The van der Waals surface area contributed by atoms with Gasteiger partial charge in [-0.25, -0.2) is 9.97 Å². The van der Waals surface area contributed by atoms with Crippen LogP contribution in [0.3, 0.4) is 0 Å². The molecule has 0 aliphatic carbocycles. The molecule has 0 amide bonds. The minimum atomic E-state index is 0.632. The van der Waals surface area contributed by atoms with E-state index in [0.717, 1.165) is 140 Å². The van der Waals surface area contributed by atoms with Crippen molar-refractivity contribution in [3.8, 4) is 67.6 Å². The van der Waals surface area contributed by atoms with Crippen LogP contribution < -0.4 is 9.80 Å². The van der Waals surface area contributed by atoms with Crippen molar-refractivity contribution >= 4 is 132 Å². The Bertz CT molecular complexity index is 7360. The molecule has 112 heavy (non-hydrogen) atoms. The molecule has 22 aromatic rings. The van der Waals surface area contributed by atoms with E-state index in [4.69, 9.17) is 9.97 Å². The molecule has 17 aromatic carbocycles. The number of rotatable bonds is 14. The Morgan fingerprint density at radius 2 is 0.464 bits per heavy atom. The molecule has 22 rings (SSSR count). The molecule has 0 saturated carbocycles. The van der Waals surface area contributed by atoms with Crippen LogP contribution in [0.1, 0.15) is 0 Å². The molecular formula is C104H68N8. The number of hydrogen-bond donors (Lipinski definition) is 0. The van der Waals surface area contributed by atoms with Gasteiger partial charge >= 0.3 is 0 Å². The average Bonchev–Trinajstić information content (AvgIpc) is 1.59. The van der Waals surface area contributed by atoms with Gasteiger partial charge in [0, 0.05) is 116 Å². The van der Waals surface area contributed by atoms with Crippen molar-refractivity contribution in [3.63, 3.8) is 0 Å². The summed E-state index contributed by atoms with van der Waals surface area (Å²) in [5.41, 5.74) is 27.9. The summed E-state index contributed by atoms with van der Waals surface area (Å²) in [7, 11) is 0. The van der Waals surface area contributed by atoms with E-state index >= 15 is 0 Å². The summed E-state index contributed by atoms with van der Waals surface area (Å²) in [4.78, 5) is 16.1. The summed E-state index contributed by atoms with van der Waals surface area (Å²) >= 11 is 0. The zero-order valence-corrected chi connectivity index (χ0v) is 60.8. The van der Waals surface area contributed by atoms with Gasteiger partial charge in [-0.3, -0.25) is 0 Å². The van der Waals surface area contributed by atoms with Gasteiger partial charge in [-0.15, -0.1) is 0 Å². The molecule has 8 nitrogen and oxygen atoms in total. The van der Waals surface area contributed by atoms with Gasteiger partial charge in [-0.2, -0.15) is 0 Å². The van der Waals surface area contributed by atoms with Crippen molar-refractivity contribution in [1.82, 2.24) is 28.2 Å². The molecule has 0 aliphatic heterocycles. The van der Waals surface area contributed by atoms with Gasteiger partial charge in [0.25, 0.3) is 0 Å². The van der Waals surface area contributed by atoms with E-state index < -0.39 is 0 Å². The zero-order valence-electron chi connectivity index (χ0n) is 60.8. The van der Waals surface area contributed by atoms with Crippen molar-refractivity contribution in [2.24, 2.45) is 0 Å². The van der Waals surface area contributed by atoms with Gasteiger partial charge in [0.05, 0.1) is 55.3 Å². The molecule has 0 aliphatic rings. The topological polar surface area (TPSA) is 52.0 Å². The minimum Gasteiger partial charge on any atom is -0.310 e. The quantitative estimate of drug-likeness (QED) is 0.109. The number of benzene rings is 17. The molecule has 0 N–H and O–H groups in total. The normalized spacial score (nSPS) is 11.8. The average molecular weight is 1430 g/mol. The third-order valence-electron chi connectivity index (χ3n) is 22.5. The summed E-state index contributed by atoms with van der Waals surface area (Å²) in [5.74, 6) is 0.632. The van der Waals surface area contributed by atoms with Crippen LogP contribution in [0.5, 0.6) is 0 Å². The zero-order chi connectivity index (χ0) is 73.7. The van der Waals surface area contributed by atoms with Crippen LogP contribution in [0.4, 0.5) is 34.1 Å². The molecule has 0 fully saturated rings. The summed E-state index contributed by atoms with van der Waals surface area (Å²) in [6, 6.07) is 149. The molecule has 8 heteroatoms. The van der Waals surface area contributed by atoms with E-state index in [0.29, 0.717) is 5.82 Å². The minimum absolute atomic E-state index is 0.632. The van der Waals surface area contributed by atoms with E-state index in [1.165, 1.54) is 54.3 Å². The second-order valence-corrected chi connectivity index (χ2v) is 28.9. The van der Waals surface area contributed by atoms with Crippen molar-refractivity contribution in [1.29, 1.82) is 0 Å². The van der Waals surface area contributed by atoms with Gasteiger partial charge < -0.3 is 28.1 Å². The summed E-state index contributed by atoms with van der Waals surface area (Å²) in [6.07, 6.45) is 0. The SMILES string of the molecule is c1ccc(N(c2ccccc2)c2ccc3c(c2)c2ccccc2n3-c2cccc(-c3ccc4nc(-c5cccc(-n6c7ccccc7c7cc(-c8ccc9c(c8)c8ccccc8n9-c8ccccc8)ccc76)c5)nc(-c5cccc(-n6c7ccccc7c7cc(N(c8ccccc8)c8ccccc8)ccc76)c5)c4c3)c2)cc1. The molecule has 0 saturated heterocycles. The van der Waals surface area contributed by atoms with Crippen LogP contribution in [0.25, 0.3) is 166 Å². The number of aromatic nitrogens is 6. The Kier molecular flexibility index (Phi) is 15.1. The van der Waals surface area contributed by atoms with Crippen LogP contribution >= 0.6 is 0 Å².